The molecule has 0 amide bonds. The Bertz CT molecular complexity index is 468. The summed E-state index contributed by atoms with van der Waals surface area (Å²) in [4.78, 5) is 8.82. The standard InChI is InChI=1S/C11H13N3S2/c1-8-7-15-11(14-8)16-10-9(6-12-2)4-3-5-13-10/h3-5,7,12H,6H2,1-2H3. The van der Waals surface area contributed by atoms with Gasteiger partial charge in [-0.15, -0.1) is 11.3 Å². The van der Waals surface area contributed by atoms with E-state index in [9.17, 15) is 0 Å². The third-order valence-corrected chi connectivity index (χ3v) is 4.12. The van der Waals surface area contributed by atoms with E-state index in [1.807, 2.05) is 26.2 Å². The molecular weight excluding hydrogens is 238 g/mol. The number of nitrogens with one attached hydrogen (secondary N) is 1. The molecule has 3 nitrogen and oxygen atoms in total. The van der Waals surface area contributed by atoms with Gasteiger partial charge in [-0.3, -0.25) is 0 Å². The first kappa shape index (κ1) is 11.6. The van der Waals surface area contributed by atoms with Crippen LogP contribution in [0.1, 0.15) is 11.3 Å². The van der Waals surface area contributed by atoms with E-state index in [1.54, 1.807) is 23.1 Å². The quantitative estimate of drug-likeness (QED) is 0.906. The van der Waals surface area contributed by atoms with Crippen molar-refractivity contribution >= 4 is 23.1 Å². The lowest BCUT2D eigenvalue weighted by atomic mass is 10.3. The van der Waals surface area contributed by atoms with Crippen molar-refractivity contribution in [2.45, 2.75) is 22.8 Å². The Morgan fingerprint density at radius 2 is 2.38 bits per heavy atom. The number of pyridine rings is 1. The summed E-state index contributed by atoms with van der Waals surface area (Å²) in [7, 11) is 1.94. The summed E-state index contributed by atoms with van der Waals surface area (Å²) in [6.07, 6.45) is 1.82. The minimum Gasteiger partial charge on any atom is -0.316 e. The zero-order chi connectivity index (χ0) is 11.4. The molecular formula is C11H13N3S2. The molecule has 0 spiro atoms. The number of thiazole rings is 1. The average Bonchev–Trinajstić information content (AvgIpc) is 2.67. The number of aromatic nitrogens is 2. The molecule has 84 valence electrons. The van der Waals surface area contributed by atoms with Gasteiger partial charge in [0.1, 0.15) is 5.03 Å². The van der Waals surface area contributed by atoms with Crippen LogP contribution in [0.2, 0.25) is 0 Å². The smallest absolute Gasteiger partial charge is 0.156 e. The molecule has 0 saturated carbocycles. The molecule has 0 aliphatic rings. The molecule has 0 saturated heterocycles. The van der Waals surface area contributed by atoms with Crippen LogP contribution >= 0.6 is 23.1 Å². The van der Waals surface area contributed by atoms with Crippen molar-refractivity contribution < 1.29 is 0 Å². The summed E-state index contributed by atoms with van der Waals surface area (Å²) >= 11 is 3.29. The summed E-state index contributed by atoms with van der Waals surface area (Å²) in [6, 6.07) is 4.05. The Hall–Kier alpha value is -0.910. The van der Waals surface area contributed by atoms with Crippen molar-refractivity contribution in [3.05, 3.63) is 35.0 Å². The fraction of sp³-hybridized carbons (Fsp3) is 0.273. The molecule has 0 bridgehead atoms. The SMILES string of the molecule is CNCc1cccnc1Sc1nc(C)cs1. The first-order valence-electron chi connectivity index (χ1n) is 4.98. The molecule has 0 unspecified atom stereocenters. The largest absolute Gasteiger partial charge is 0.316 e. The second kappa shape index (κ2) is 5.43. The fourth-order valence-corrected chi connectivity index (χ4v) is 3.14. The van der Waals surface area contributed by atoms with Crippen molar-refractivity contribution in [3.63, 3.8) is 0 Å². The molecule has 2 aromatic heterocycles. The second-order valence-corrected chi connectivity index (χ2v) is 5.45. The van der Waals surface area contributed by atoms with Crippen molar-refractivity contribution in [1.29, 1.82) is 0 Å². The number of aryl methyl sites for hydroxylation is 1. The Labute approximate surface area is 103 Å². The molecule has 0 atom stereocenters. The first-order chi connectivity index (χ1) is 7.79. The molecule has 0 aliphatic carbocycles. The molecule has 0 fully saturated rings. The number of hydrogen-bond donors (Lipinski definition) is 1. The van der Waals surface area contributed by atoms with Gasteiger partial charge in [0.25, 0.3) is 0 Å². The maximum atomic E-state index is 4.43. The highest BCUT2D eigenvalue weighted by Gasteiger charge is 2.07. The van der Waals surface area contributed by atoms with Crippen LogP contribution in [0.25, 0.3) is 0 Å². The van der Waals surface area contributed by atoms with Gasteiger partial charge in [-0.1, -0.05) is 6.07 Å². The molecule has 1 N–H and O–H groups in total. The highest BCUT2D eigenvalue weighted by molar-refractivity contribution is 8.01. The van der Waals surface area contributed by atoms with Gasteiger partial charge in [0.15, 0.2) is 4.34 Å². The fourth-order valence-electron chi connectivity index (χ4n) is 1.30. The Morgan fingerprint density at radius 3 is 3.06 bits per heavy atom. The van der Waals surface area contributed by atoms with E-state index in [-0.39, 0.29) is 0 Å². The zero-order valence-corrected chi connectivity index (χ0v) is 10.9. The van der Waals surface area contributed by atoms with Crippen LogP contribution in [-0.4, -0.2) is 17.0 Å². The minimum absolute atomic E-state index is 0.834. The monoisotopic (exact) mass is 251 g/mol. The van der Waals surface area contributed by atoms with Crippen LogP contribution in [0.4, 0.5) is 0 Å². The Morgan fingerprint density at radius 1 is 1.50 bits per heavy atom. The molecule has 0 radical (unpaired) electrons. The van der Waals surface area contributed by atoms with Gasteiger partial charge in [0, 0.05) is 23.8 Å². The summed E-state index contributed by atoms with van der Waals surface area (Å²) in [5.41, 5.74) is 2.28. The van der Waals surface area contributed by atoms with Crippen molar-refractivity contribution in [2.75, 3.05) is 7.05 Å². The van der Waals surface area contributed by atoms with Gasteiger partial charge in [-0.25, -0.2) is 9.97 Å². The topological polar surface area (TPSA) is 37.8 Å². The van der Waals surface area contributed by atoms with E-state index in [0.717, 1.165) is 21.6 Å². The molecule has 2 aromatic rings. The Balaban J connectivity index is 2.20. The van der Waals surface area contributed by atoms with Crippen LogP contribution in [-0.2, 0) is 6.54 Å². The van der Waals surface area contributed by atoms with Crippen LogP contribution in [0, 0.1) is 6.92 Å². The third kappa shape index (κ3) is 2.81. The average molecular weight is 251 g/mol. The number of hydrogen-bond acceptors (Lipinski definition) is 5. The summed E-state index contributed by atoms with van der Waals surface area (Å²) < 4.78 is 1.05. The van der Waals surface area contributed by atoms with E-state index in [4.69, 9.17) is 0 Å². The lowest BCUT2D eigenvalue weighted by molar-refractivity contribution is 0.789. The Kier molecular flexibility index (Phi) is 3.93. The highest BCUT2D eigenvalue weighted by Crippen LogP contribution is 2.30. The summed E-state index contributed by atoms with van der Waals surface area (Å²) in [5, 5.41) is 6.24. The molecule has 2 rings (SSSR count). The predicted octanol–water partition coefficient (Wildman–Crippen LogP) is 2.72. The van der Waals surface area contributed by atoms with Gasteiger partial charge in [-0.2, -0.15) is 0 Å². The van der Waals surface area contributed by atoms with Gasteiger partial charge >= 0.3 is 0 Å². The first-order valence-corrected chi connectivity index (χ1v) is 6.67. The van der Waals surface area contributed by atoms with E-state index in [1.165, 1.54) is 5.56 Å². The molecule has 0 aliphatic heterocycles. The zero-order valence-electron chi connectivity index (χ0n) is 9.23. The number of nitrogens with zero attached hydrogens (tertiary/aromatic N) is 2. The molecule has 5 heteroatoms. The normalized spacial score (nSPS) is 10.6. The number of rotatable bonds is 4. The third-order valence-electron chi connectivity index (χ3n) is 2.00. The molecule has 16 heavy (non-hydrogen) atoms. The minimum atomic E-state index is 0.834. The van der Waals surface area contributed by atoms with Crippen LogP contribution in [0.5, 0.6) is 0 Å². The molecule has 0 aromatic carbocycles. The van der Waals surface area contributed by atoms with Crippen LogP contribution < -0.4 is 5.32 Å². The van der Waals surface area contributed by atoms with Crippen molar-refractivity contribution in [1.82, 2.24) is 15.3 Å². The van der Waals surface area contributed by atoms with Crippen LogP contribution in [0.3, 0.4) is 0 Å². The van der Waals surface area contributed by atoms with E-state index in [2.05, 4.69) is 26.7 Å². The predicted molar refractivity (Wildman–Crippen MR) is 68.0 cm³/mol. The maximum Gasteiger partial charge on any atom is 0.156 e. The second-order valence-electron chi connectivity index (χ2n) is 3.35. The lowest BCUT2D eigenvalue weighted by Crippen LogP contribution is -2.06. The summed E-state index contributed by atoms with van der Waals surface area (Å²) in [6.45, 7) is 2.84. The van der Waals surface area contributed by atoms with Crippen LogP contribution in [0.15, 0.2) is 33.1 Å². The summed E-state index contributed by atoms with van der Waals surface area (Å²) in [5.74, 6) is 0. The van der Waals surface area contributed by atoms with E-state index >= 15 is 0 Å². The van der Waals surface area contributed by atoms with E-state index < -0.39 is 0 Å². The molecule has 2 heterocycles. The maximum absolute atomic E-state index is 4.43. The highest BCUT2D eigenvalue weighted by atomic mass is 32.2. The van der Waals surface area contributed by atoms with Crippen molar-refractivity contribution in [2.24, 2.45) is 0 Å². The van der Waals surface area contributed by atoms with E-state index in [0.29, 0.717) is 0 Å². The van der Waals surface area contributed by atoms with Gasteiger partial charge < -0.3 is 5.32 Å². The lowest BCUT2D eigenvalue weighted by Gasteiger charge is -2.05. The van der Waals surface area contributed by atoms with Gasteiger partial charge in [0.2, 0.25) is 0 Å². The van der Waals surface area contributed by atoms with Crippen molar-refractivity contribution in [3.8, 4) is 0 Å². The van der Waals surface area contributed by atoms with Gasteiger partial charge in [-0.05, 0) is 37.4 Å². The van der Waals surface area contributed by atoms with Gasteiger partial charge in [0.05, 0.1) is 0 Å².